The van der Waals surface area contributed by atoms with Crippen molar-refractivity contribution in [2.45, 2.75) is 0 Å². The maximum absolute atomic E-state index is 14.5. The van der Waals surface area contributed by atoms with Crippen molar-refractivity contribution in [3.63, 3.8) is 0 Å². The van der Waals surface area contributed by atoms with E-state index in [4.69, 9.17) is 16.6 Å². The smallest absolute Gasteiger partial charge is 0.143 e. The lowest BCUT2D eigenvalue weighted by atomic mass is 10.0. The molecular weight excluding hydrogens is 373 g/mol. The van der Waals surface area contributed by atoms with Crippen LogP contribution in [-0.4, -0.2) is 15.0 Å². The molecule has 2 aromatic heterocycles. The molecule has 0 fully saturated rings. The van der Waals surface area contributed by atoms with Crippen LogP contribution in [0.4, 0.5) is 4.39 Å². The number of H-pyrrole nitrogens is 2. The summed E-state index contributed by atoms with van der Waals surface area (Å²) in [6, 6.07) is 21.0. The molecular formula is C23H13ClFN3. The summed E-state index contributed by atoms with van der Waals surface area (Å²) in [5, 5.41) is 4.74. The summed E-state index contributed by atoms with van der Waals surface area (Å²) in [4.78, 5) is 11.6. The summed E-state index contributed by atoms with van der Waals surface area (Å²) >= 11 is 6.28. The van der Waals surface area contributed by atoms with Gasteiger partial charge in [-0.15, -0.1) is 0 Å². The van der Waals surface area contributed by atoms with Gasteiger partial charge in [0, 0.05) is 21.7 Å². The maximum Gasteiger partial charge on any atom is 0.143 e. The second-order valence-electron chi connectivity index (χ2n) is 6.87. The number of nitrogens with zero attached hydrogens (tertiary/aromatic N) is 1. The van der Waals surface area contributed by atoms with Gasteiger partial charge in [-0.25, -0.2) is 9.37 Å². The summed E-state index contributed by atoms with van der Waals surface area (Å²) in [6.45, 7) is 0. The third kappa shape index (κ3) is 2.01. The normalized spacial score (nSPS) is 11.9. The summed E-state index contributed by atoms with van der Waals surface area (Å²) in [5.74, 6) is 0.0261. The van der Waals surface area contributed by atoms with Gasteiger partial charge in [-0.1, -0.05) is 60.1 Å². The minimum atomic E-state index is -0.399. The number of halogens is 2. The lowest BCUT2D eigenvalue weighted by molar-refractivity contribution is 0.630. The highest BCUT2D eigenvalue weighted by Crippen LogP contribution is 2.39. The number of para-hydroxylation sites is 1. The van der Waals surface area contributed by atoms with E-state index in [9.17, 15) is 4.39 Å². The van der Waals surface area contributed by atoms with Crippen molar-refractivity contribution in [2.24, 2.45) is 0 Å². The highest BCUT2D eigenvalue weighted by Gasteiger charge is 2.19. The minimum absolute atomic E-state index is 0.286. The zero-order valence-electron chi connectivity index (χ0n) is 14.6. The largest absolute Gasteiger partial charge is 0.353 e. The molecule has 3 nitrogen and oxygen atoms in total. The Morgan fingerprint density at radius 1 is 0.750 bits per heavy atom. The van der Waals surface area contributed by atoms with Gasteiger partial charge in [0.2, 0.25) is 0 Å². The van der Waals surface area contributed by atoms with E-state index in [1.54, 1.807) is 12.1 Å². The molecule has 2 heterocycles. The molecule has 0 atom stereocenters. The molecule has 6 aromatic rings. The lowest BCUT2D eigenvalue weighted by Gasteiger charge is -2.02. The highest BCUT2D eigenvalue weighted by molar-refractivity contribution is 6.33. The lowest BCUT2D eigenvalue weighted by Crippen LogP contribution is -1.87. The van der Waals surface area contributed by atoms with Crippen LogP contribution in [0.1, 0.15) is 0 Å². The summed E-state index contributed by atoms with van der Waals surface area (Å²) in [5.41, 5.74) is 3.94. The van der Waals surface area contributed by atoms with Crippen LogP contribution in [0.15, 0.2) is 66.7 Å². The highest BCUT2D eigenvalue weighted by atomic mass is 35.5. The number of aromatic nitrogens is 3. The second kappa shape index (κ2) is 5.57. The van der Waals surface area contributed by atoms with E-state index in [2.05, 4.69) is 28.2 Å². The van der Waals surface area contributed by atoms with E-state index in [-0.39, 0.29) is 5.56 Å². The second-order valence-corrected chi connectivity index (χ2v) is 7.28. The van der Waals surface area contributed by atoms with Crippen molar-refractivity contribution in [2.75, 3.05) is 0 Å². The first-order valence-corrected chi connectivity index (χ1v) is 9.35. The van der Waals surface area contributed by atoms with E-state index in [0.29, 0.717) is 10.8 Å². The van der Waals surface area contributed by atoms with Crippen LogP contribution in [0.25, 0.3) is 55.0 Å². The fourth-order valence-electron chi connectivity index (χ4n) is 4.11. The van der Waals surface area contributed by atoms with Gasteiger partial charge in [0.05, 0.1) is 27.1 Å². The quantitative estimate of drug-likeness (QED) is 0.321. The molecule has 0 radical (unpaired) electrons. The Bertz CT molecular complexity index is 1520. The number of hydrogen-bond acceptors (Lipinski definition) is 1. The molecule has 0 aliphatic heterocycles. The fraction of sp³-hybridized carbons (Fsp3) is 0. The molecule has 5 heteroatoms. The maximum atomic E-state index is 14.5. The van der Waals surface area contributed by atoms with Crippen LogP contribution in [0.3, 0.4) is 0 Å². The molecule has 6 rings (SSSR count). The third-order valence-corrected chi connectivity index (χ3v) is 5.63. The zero-order chi connectivity index (χ0) is 18.8. The van der Waals surface area contributed by atoms with Crippen LogP contribution in [0, 0.1) is 5.82 Å². The standard InChI is InChI=1S/C23H13ClFN3/c24-15-9-5-10-16(25)19(15)23-27-20-13-7-2-1-6-12(13)18-14-8-3-4-11-17(14)26-21(18)22(20)28-23/h1-11,26H,(H,27,28). The van der Waals surface area contributed by atoms with Gasteiger partial charge in [0.15, 0.2) is 0 Å². The Morgan fingerprint density at radius 3 is 2.32 bits per heavy atom. The molecule has 0 spiro atoms. The number of benzene rings is 4. The van der Waals surface area contributed by atoms with Crippen LogP contribution >= 0.6 is 11.6 Å². The van der Waals surface area contributed by atoms with E-state index < -0.39 is 5.82 Å². The van der Waals surface area contributed by atoms with Crippen LogP contribution < -0.4 is 0 Å². The first kappa shape index (κ1) is 15.7. The first-order valence-electron chi connectivity index (χ1n) is 8.97. The number of aromatic amines is 2. The Balaban J connectivity index is 1.85. The predicted octanol–water partition coefficient (Wildman–Crippen LogP) is 6.81. The van der Waals surface area contributed by atoms with Gasteiger partial charge < -0.3 is 9.97 Å². The van der Waals surface area contributed by atoms with E-state index in [1.165, 1.54) is 6.07 Å². The van der Waals surface area contributed by atoms with Crippen molar-refractivity contribution in [3.05, 3.63) is 77.6 Å². The number of fused-ring (bicyclic) bond motifs is 8. The molecule has 0 aliphatic carbocycles. The molecule has 28 heavy (non-hydrogen) atoms. The zero-order valence-corrected chi connectivity index (χ0v) is 15.3. The topological polar surface area (TPSA) is 44.5 Å². The minimum Gasteiger partial charge on any atom is -0.353 e. The Morgan fingerprint density at radius 2 is 1.50 bits per heavy atom. The Labute approximate surface area is 163 Å². The number of imidazole rings is 1. The monoisotopic (exact) mass is 385 g/mol. The van der Waals surface area contributed by atoms with E-state index in [0.717, 1.165) is 43.6 Å². The van der Waals surface area contributed by atoms with Gasteiger partial charge in [-0.2, -0.15) is 0 Å². The number of rotatable bonds is 1. The van der Waals surface area contributed by atoms with Gasteiger partial charge >= 0.3 is 0 Å². The molecule has 4 aromatic carbocycles. The molecule has 134 valence electrons. The third-order valence-electron chi connectivity index (χ3n) is 5.31. The Kier molecular flexibility index (Phi) is 3.11. The molecule has 0 amide bonds. The van der Waals surface area contributed by atoms with Crippen molar-refractivity contribution in [1.82, 2.24) is 15.0 Å². The first-order chi connectivity index (χ1) is 13.7. The average Bonchev–Trinajstić information content (AvgIpc) is 3.30. The van der Waals surface area contributed by atoms with Crippen molar-refractivity contribution in [1.29, 1.82) is 0 Å². The summed E-state index contributed by atoms with van der Waals surface area (Å²) in [6.07, 6.45) is 0. The number of nitrogens with one attached hydrogen (secondary N) is 2. The predicted molar refractivity (Wildman–Crippen MR) is 113 cm³/mol. The van der Waals surface area contributed by atoms with Crippen LogP contribution in [0.5, 0.6) is 0 Å². The SMILES string of the molecule is Fc1cccc(Cl)c1-c1nc2c3ccccc3c3c4ccccc4[nH]c3c2[nH]1. The summed E-state index contributed by atoms with van der Waals surface area (Å²) < 4.78 is 14.5. The fourth-order valence-corrected chi connectivity index (χ4v) is 4.36. The summed E-state index contributed by atoms with van der Waals surface area (Å²) in [7, 11) is 0. The average molecular weight is 386 g/mol. The van der Waals surface area contributed by atoms with Crippen molar-refractivity contribution >= 4 is 55.2 Å². The van der Waals surface area contributed by atoms with Gasteiger partial charge in [-0.05, 0) is 23.6 Å². The molecule has 0 saturated carbocycles. The van der Waals surface area contributed by atoms with Gasteiger partial charge in [-0.3, -0.25) is 0 Å². The van der Waals surface area contributed by atoms with Crippen LogP contribution in [-0.2, 0) is 0 Å². The van der Waals surface area contributed by atoms with Crippen molar-refractivity contribution in [3.8, 4) is 11.4 Å². The number of hydrogen-bond donors (Lipinski definition) is 2. The Hall–Kier alpha value is -3.37. The molecule has 0 aliphatic rings. The van der Waals surface area contributed by atoms with Crippen LogP contribution in [0.2, 0.25) is 5.02 Å². The molecule has 2 N–H and O–H groups in total. The molecule has 0 saturated heterocycles. The van der Waals surface area contributed by atoms with E-state index >= 15 is 0 Å². The van der Waals surface area contributed by atoms with Gasteiger partial charge in [0.25, 0.3) is 0 Å². The van der Waals surface area contributed by atoms with Gasteiger partial charge in [0.1, 0.15) is 11.6 Å². The molecule has 0 unspecified atom stereocenters. The van der Waals surface area contributed by atoms with E-state index in [1.807, 2.05) is 30.3 Å². The van der Waals surface area contributed by atoms with Crippen molar-refractivity contribution < 1.29 is 4.39 Å². The molecule has 0 bridgehead atoms.